The summed E-state index contributed by atoms with van der Waals surface area (Å²) in [5.41, 5.74) is 6.50. The van der Waals surface area contributed by atoms with E-state index in [0.29, 0.717) is 17.7 Å². The second-order valence-electron chi connectivity index (χ2n) is 6.43. The van der Waals surface area contributed by atoms with Crippen molar-refractivity contribution in [2.45, 2.75) is 12.2 Å². The van der Waals surface area contributed by atoms with Crippen molar-refractivity contribution in [3.8, 4) is 5.75 Å². The zero-order valence-electron chi connectivity index (χ0n) is 16.0. The highest BCUT2D eigenvalue weighted by molar-refractivity contribution is 6.09. The maximum atomic E-state index is 13.2. The van der Waals surface area contributed by atoms with Gasteiger partial charge in [0.1, 0.15) is 5.75 Å². The number of likely N-dealkylation sites (N-methyl/N-ethyl adjacent to an activating group) is 1. The van der Waals surface area contributed by atoms with Gasteiger partial charge in [-0.2, -0.15) is 8.78 Å². The maximum Gasteiger partial charge on any atom is 0.387 e. The smallest absolute Gasteiger partial charge is 0.387 e. The summed E-state index contributed by atoms with van der Waals surface area (Å²) in [5.74, 6) is -0.273. The van der Waals surface area contributed by atoms with Gasteiger partial charge in [-0.1, -0.05) is 42.5 Å². The number of nitrogens with zero attached hydrogens (tertiary/aromatic N) is 2. The summed E-state index contributed by atoms with van der Waals surface area (Å²) in [4.78, 5) is 19.0. The normalized spacial score (nSPS) is 19.3. The lowest BCUT2D eigenvalue weighted by Crippen LogP contribution is -2.41. The number of ether oxygens (including phenoxy) is 2. The number of alkyl halides is 2. The predicted molar refractivity (Wildman–Crippen MR) is 106 cm³/mol. The number of guanidine groups is 1. The van der Waals surface area contributed by atoms with E-state index in [1.807, 2.05) is 30.4 Å². The van der Waals surface area contributed by atoms with Gasteiger partial charge in [-0.15, -0.1) is 0 Å². The zero-order chi connectivity index (χ0) is 21.0. The molecule has 1 aliphatic heterocycles. The molecule has 0 aliphatic carbocycles. The molecule has 152 valence electrons. The van der Waals surface area contributed by atoms with Gasteiger partial charge in [-0.25, -0.2) is 4.99 Å². The fourth-order valence-electron chi connectivity index (χ4n) is 3.21. The molecule has 6 nitrogen and oxygen atoms in total. The minimum atomic E-state index is -2.93. The third-order valence-corrected chi connectivity index (χ3v) is 4.61. The molecule has 0 unspecified atom stereocenters. The van der Waals surface area contributed by atoms with Crippen LogP contribution in [-0.2, 0) is 15.1 Å². The fraction of sp³-hybridized carbons (Fsp3) is 0.238. The van der Waals surface area contributed by atoms with Gasteiger partial charge in [0.25, 0.3) is 5.91 Å². The van der Waals surface area contributed by atoms with E-state index >= 15 is 0 Å². The average molecular weight is 401 g/mol. The second kappa shape index (κ2) is 8.40. The Labute approximate surface area is 167 Å². The molecule has 0 saturated heterocycles. The van der Waals surface area contributed by atoms with Crippen LogP contribution in [0, 0.1) is 0 Å². The van der Waals surface area contributed by atoms with E-state index < -0.39 is 12.2 Å². The van der Waals surface area contributed by atoms with E-state index in [4.69, 9.17) is 10.5 Å². The van der Waals surface area contributed by atoms with E-state index in [9.17, 15) is 13.6 Å². The number of benzene rings is 2. The van der Waals surface area contributed by atoms with Crippen molar-refractivity contribution in [3.63, 3.8) is 0 Å². The Kier molecular flexibility index (Phi) is 5.93. The van der Waals surface area contributed by atoms with Crippen molar-refractivity contribution in [2.75, 3.05) is 20.8 Å². The predicted octanol–water partition coefficient (Wildman–Crippen LogP) is 2.98. The molecule has 1 atom stereocenters. The first-order valence-corrected chi connectivity index (χ1v) is 8.83. The first-order valence-electron chi connectivity index (χ1n) is 8.83. The summed E-state index contributed by atoms with van der Waals surface area (Å²) >= 11 is 0. The molecule has 1 aliphatic rings. The van der Waals surface area contributed by atoms with Crippen LogP contribution in [0.2, 0.25) is 0 Å². The van der Waals surface area contributed by atoms with Gasteiger partial charge in [0, 0.05) is 14.2 Å². The number of rotatable bonds is 7. The lowest BCUT2D eigenvalue weighted by molar-refractivity contribution is -0.129. The molecule has 2 aromatic carbocycles. The van der Waals surface area contributed by atoms with Crippen LogP contribution in [-0.4, -0.2) is 44.1 Å². The third kappa shape index (κ3) is 3.97. The number of amides is 1. The summed E-state index contributed by atoms with van der Waals surface area (Å²) < 4.78 is 34.3. The largest absolute Gasteiger partial charge is 0.435 e. The van der Waals surface area contributed by atoms with Gasteiger partial charge < -0.3 is 15.2 Å². The lowest BCUT2D eigenvalue weighted by atomic mass is 9.82. The van der Waals surface area contributed by atoms with Crippen molar-refractivity contribution in [3.05, 3.63) is 71.3 Å². The molecule has 1 heterocycles. The maximum absolute atomic E-state index is 13.2. The van der Waals surface area contributed by atoms with E-state index in [0.717, 1.165) is 5.56 Å². The minimum Gasteiger partial charge on any atom is -0.435 e. The molecule has 0 radical (unpaired) electrons. The highest BCUT2D eigenvalue weighted by Crippen LogP contribution is 2.40. The Bertz CT molecular complexity index is 944. The van der Waals surface area contributed by atoms with Crippen LogP contribution in [0.4, 0.5) is 8.78 Å². The number of methoxy groups -OCH3 is 1. The van der Waals surface area contributed by atoms with Gasteiger partial charge >= 0.3 is 6.61 Å². The molecule has 0 spiro atoms. The number of halogens is 2. The van der Waals surface area contributed by atoms with E-state index in [-0.39, 0.29) is 17.6 Å². The monoisotopic (exact) mass is 401 g/mol. The summed E-state index contributed by atoms with van der Waals surface area (Å²) in [6.07, 6.45) is 3.72. The van der Waals surface area contributed by atoms with Crippen LogP contribution < -0.4 is 10.5 Å². The number of carbonyl (C=O) groups is 1. The number of hydrogen-bond acceptors (Lipinski definition) is 5. The lowest BCUT2D eigenvalue weighted by Gasteiger charge is -2.26. The summed E-state index contributed by atoms with van der Waals surface area (Å²) in [6.45, 7) is -2.48. The van der Waals surface area contributed by atoms with E-state index in [1.54, 1.807) is 32.4 Å². The Morgan fingerprint density at radius 2 is 1.93 bits per heavy atom. The quantitative estimate of drug-likeness (QED) is 0.774. The van der Waals surface area contributed by atoms with Gasteiger partial charge in [0.2, 0.25) is 0 Å². The minimum absolute atomic E-state index is 0.00842. The Hall–Kier alpha value is -3.26. The molecule has 0 fully saturated rings. The van der Waals surface area contributed by atoms with Gasteiger partial charge in [-0.3, -0.25) is 9.69 Å². The molecule has 0 aromatic heterocycles. The van der Waals surface area contributed by atoms with Crippen LogP contribution >= 0.6 is 0 Å². The van der Waals surface area contributed by atoms with Crippen molar-refractivity contribution in [1.82, 2.24) is 4.90 Å². The highest BCUT2D eigenvalue weighted by Gasteiger charge is 2.49. The summed E-state index contributed by atoms with van der Waals surface area (Å²) in [7, 11) is 3.14. The third-order valence-electron chi connectivity index (χ3n) is 4.61. The van der Waals surface area contributed by atoms with Crippen molar-refractivity contribution in [2.24, 2.45) is 10.7 Å². The number of hydrogen-bond donors (Lipinski definition) is 1. The summed E-state index contributed by atoms with van der Waals surface area (Å²) in [5, 5.41) is 0. The number of carbonyl (C=O) groups excluding carboxylic acids is 1. The molecule has 29 heavy (non-hydrogen) atoms. The SMILES string of the molecule is COCC=Cc1cccc([C@]2(c3ccc(OC(F)F)cc3)N=C(N)N(C)C2=O)c1. The van der Waals surface area contributed by atoms with Crippen LogP contribution in [0.5, 0.6) is 5.75 Å². The van der Waals surface area contributed by atoms with Gasteiger partial charge in [0.15, 0.2) is 11.5 Å². The van der Waals surface area contributed by atoms with Gasteiger partial charge in [0.05, 0.1) is 6.61 Å². The molecule has 8 heteroatoms. The van der Waals surface area contributed by atoms with Crippen molar-refractivity contribution < 1.29 is 23.0 Å². The number of nitrogens with two attached hydrogens (primary N) is 1. The Balaban J connectivity index is 2.09. The van der Waals surface area contributed by atoms with Crippen LogP contribution in [0.1, 0.15) is 16.7 Å². The molecular formula is C21H21F2N3O3. The molecule has 2 N–H and O–H groups in total. The van der Waals surface area contributed by atoms with Crippen LogP contribution in [0.25, 0.3) is 6.08 Å². The molecule has 1 amide bonds. The van der Waals surface area contributed by atoms with E-state index in [1.165, 1.54) is 17.0 Å². The fourth-order valence-corrected chi connectivity index (χ4v) is 3.21. The molecule has 3 rings (SSSR count). The van der Waals surface area contributed by atoms with Gasteiger partial charge in [-0.05, 0) is 34.9 Å². The Morgan fingerprint density at radius 1 is 1.21 bits per heavy atom. The molecule has 0 saturated carbocycles. The second-order valence-corrected chi connectivity index (χ2v) is 6.43. The molecular weight excluding hydrogens is 380 g/mol. The van der Waals surface area contributed by atoms with E-state index in [2.05, 4.69) is 9.73 Å². The van der Waals surface area contributed by atoms with Crippen molar-refractivity contribution in [1.29, 1.82) is 0 Å². The standard InChI is InChI=1S/C21H21F2N3O3/c1-26-18(27)21(25-20(26)24,15-8-10-17(11-9-15)29-19(22)23)16-7-3-5-14(13-16)6-4-12-28-2/h3-11,13,19H,12H2,1-2H3,(H2,24,25)/t21-/m0/s1. The Morgan fingerprint density at radius 3 is 2.52 bits per heavy atom. The topological polar surface area (TPSA) is 77.2 Å². The average Bonchev–Trinajstić information content (AvgIpc) is 2.93. The first kappa shape index (κ1) is 20.5. The molecule has 0 bridgehead atoms. The van der Waals surface area contributed by atoms with Crippen LogP contribution in [0.3, 0.4) is 0 Å². The van der Waals surface area contributed by atoms with Crippen LogP contribution in [0.15, 0.2) is 59.6 Å². The zero-order valence-corrected chi connectivity index (χ0v) is 16.0. The summed E-state index contributed by atoms with van der Waals surface area (Å²) in [6, 6.07) is 13.2. The number of aliphatic imine (C=N–C) groups is 1. The first-order chi connectivity index (χ1) is 13.9. The highest BCUT2D eigenvalue weighted by atomic mass is 19.3. The van der Waals surface area contributed by atoms with Crippen molar-refractivity contribution >= 4 is 17.9 Å². The molecule has 2 aromatic rings.